The fourth-order valence-corrected chi connectivity index (χ4v) is 7.36. The molecule has 0 saturated heterocycles. The maximum absolute atomic E-state index is 14.1. The number of ether oxygens (including phenoxy) is 2. The minimum Gasteiger partial charge on any atom is -0.491 e. The molecule has 6 nitrogen and oxygen atoms in total. The van der Waals surface area contributed by atoms with Crippen LogP contribution in [-0.4, -0.2) is 33.6 Å². The molecule has 2 aromatic carbocycles. The number of hydrogen-bond acceptors (Lipinski definition) is 5. The molecule has 1 heterocycles. The Kier molecular flexibility index (Phi) is 6.44. The predicted octanol–water partition coefficient (Wildman–Crippen LogP) is 5.49. The van der Waals surface area contributed by atoms with Crippen molar-refractivity contribution in [2.45, 2.75) is 76.0 Å². The van der Waals surface area contributed by atoms with E-state index in [1.165, 1.54) is 0 Å². The topological polar surface area (TPSA) is 72.9 Å². The number of carbonyl (C=O) groups is 1. The number of hydrogen-bond donors (Lipinski definition) is 0. The zero-order valence-electron chi connectivity index (χ0n) is 20.8. The van der Waals surface area contributed by atoms with Crippen molar-refractivity contribution in [2.24, 2.45) is 5.41 Å². The van der Waals surface area contributed by atoms with Gasteiger partial charge in [-0.3, -0.25) is 4.79 Å². The van der Waals surface area contributed by atoms with Crippen molar-refractivity contribution in [3.63, 3.8) is 0 Å². The molecule has 7 heteroatoms. The van der Waals surface area contributed by atoms with Gasteiger partial charge in [-0.2, -0.15) is 0 Å². The van der Waals surface area contributed by atoms with Gasteiger partial charge in [0.05, 0.1) is 22.1 Å². The first-order valence-corrected chi connectivity index (χ1v) is 13.6. The number of rotatable bonds is 6. The molecule has 0 bridgehead atoms. The van der Waals surface area contributed by atoms with Crippen molar-refractivity contribution in [3.05, 3.63) is 48.0 Å². The summed E-state index contributed by atoms with van der Waals surface area (Å²) in [7, 11) is -3.72. The van der Waals surface area contributed by atoms with Crippen LogP contribution in [0.4, 0.5) is 5.69 Å². The third kappa shape index (κ3) is 4.08. The molecular formula is C27H35NO5S. The van der Waals surface area contributed by atoms with Crippen LogP contribution in [0.25, 0.3) is 0 Å². The number of amides is 1. The van der Waals surface area contributed by atoms with Gasteiger partial charge in [0.25, 0.3) is 0 Å². The van der Waals surface area contributed by atoms with Crippen LogP contribution in [0.15, 0.2) is 47.4 Å². The van der Waals surface area contributed by atoms with Gasteiger partial charge in [0.2, 0.25) is 5.91 Å². The lowest BCUT2D eigenvalue weighted by Crippen LogP contribution is -2.42. The van der Waals surface area contributed by atoms with Gasteiger partial charge in [-0.15, -0.1) is 0 Å². The van der Waals surface area contributed by atoms with Crippen LogP contribution >= 0.6 is 0 Å². The standard InChI is InChI=1S/C27H35NO5S/c1-6-28-23-13-12-20(16-24(23)32-18-26(4,5)25(28)29)27(14-7-8-15-27)34(30,31)22-11-9-10-21(17-22)33-19(2)3/h9-13,16-17,19H,6-8,14-15,18H2,1-5H3. The SMILES string of the molecule is CCN1C(=O)C(C)(C)COc2cc(C3(S(=O)(=O)c4cccc(OC(C)C)c4)CCCC3)ccc21. The second-order valence-electron chi connectivity index (χ2n) is 10.3. The summed E-state index contributed by atoms with van der Waals surface area (Å²) >= 11 is 0. The second-order valence-corrected chi connectivity index (χ2v) is 12.5. The Hall–Kier alpha value is -2.54. The van der Waals surface area contributed by atoms with Gasteiger partial charge in [0, 0.05) is 6.54 Å². The highest BCUT2D eigenvalue weighted by atomic mass is 32.2. The molecule has 34 heavy (non-hydrogen) atoms. The van der Waals surface area contributed by atoms with Gasteiger partial charge in [-0.05, 0) is 83.4 Å². The summed E-state index contributed by atoms with van der Waals surface area (Å²) in [6.07, 6.45) is 2.72. The van der Waals surface area contributed by atoms with Gasteiger partial charge in [0.15, 0.2) is 9.84 Å². The van der Waals surface area contributed by atoms with Crippen LogP contribution < -0.4 is 14.4 Å². The van der Waals surface area contributed by atoms with E-state index in [9.17, 15) is 13.2 Å². The highest BCUT2D eigenvalue weighted by Crippen LogP contribution is 2.50. The smallest absolute Gasteiger partial charge is 0.236 e. The lowest BCUT2D eigenvalue weighted by atomic mass is 9.93. The number of fused-ring (bicyclic) bond motifs is 1. The van der Waals surface area contributed by atoms with Crippen molar-refractivity contribution in [1.82, 2.24) is 0 Å². The zero-order valence-corrected chi connectivity index (χ0v) is 21.6. The molecule has 1 fully saturated rings. The molecule has 1 amide bonds. The summed E-state index contributed by atoms with van der Waals surface area (Å²) in [5.41, 5.74) is 0.755. The molecule has 0 N–H and O–H groups in total. The molecule has 0 atom stereocenters. The molecule has 184 valence electrons. The van der Waals surface area contributed by atoms with E-state index >= 15 is 0 Å². The van der Waals surface area contributed by atoms with Crippen molar-refractivity contribution in [2.75, 3.05) is 18.1 Å². The molecular weight excluding hydrogens is 450 g/mol. The number of nitrogens with zero attached hydrogens (tertiary/aromatic N) is 1. The summed E-state index contributed by atoms with van der Waals surface area (Å²) in [6, 6.07) is 12.4. The van der Waals surface area contributed by atoms with Crippen molar-refractivity contribution in [3.8, 4) is 11.5 Å². The Morgan fingerprint density at radius 3 is 2.44 bits per heavy atom. The number of sulfone groups is 1. The molecule has 0 spiro atoms. The molecule has 4 rings (SSSR count). The van der Waals surface area contributed by atoms with E-state index in [2.05, 4.69) is 0 Å². The Morgan fingerprint density at radius 2 is 1.79 bits per heavy atom. The van der Waals surface area contributed by atoms with E-state index in [1.807, 2.05) is 52.8 Å². The first kappa shape index (κ1) is 24.6. The largest absolute Gasteiger partial charge is 0.491 e. The van der Waals surface area contributed by atoms with Crippen molar-refractivity contribution >= 4 is 21.4 Å². The predicted molar refractivity (Wildman–Crippen MR) is 133 cm³/mol. The van der Waals surface area contributed by atoms with E-state index in [-0.39, 0.29) is 23.5 Å². The monoisotopic (exact) mass is 485 g/mol. The number of anilines is 1. The summed E-state index contributed by atoms with van der Waals surface area (Å²) in [5, 5.41) is 0. The Bertz CT molecular complexity index is 1180. The number of benzene rings is 2. The molecule has 1 saturated carbocycles. The van der Waals surface area contributed by atoms with E-state index in [4.69, 9.17) is 9.47 Å². The molecule has 2 aromatic rings. The maximum Gasteiger partial charge on any atom is 0.236 e. The van der Waals surface area contributed by atoms with Gasteiger partial charge < -0.3 is 14.4 Å². The highest BCUT2D eigenvalue weighted by Gasteiger charge is 2.49. The van der Waals surface area contributed by atoms with E-state index in [1.54, 1.807) is 29.2 Å². The fourth-order valence-electron chi connectivity index (χ4n) is 5.12. The fraction of sp³-hybridized carbons (Fsp3) is 0.519. The molecule has 0 unspecified atom stereocenters. The van der Waals surface area contributed by atoms with Crippen LogP contribution in [0.3, 0.4) is 0 Å². The van der Waals surface area contributed by atoms with Gasteiger partial charge in [0.1, 0.15) is 22.9 Å². The first-order chi connectivity index (χ1) is 16.0. The van der Waals surface area contributed by atoms with Crippen LogP contribution in [-0.2, 0) is 19.4 Å². The normalized spacial score (nSPS) is 19.5. The average molecular weight is 486 g/mol. The van der Waals surface area contributed by atoms with E-state index in [0.29, 0.717) is 36.6 Å². The first-order valence-electron chi connectivity index (χ1n) is 12.1. The summed E-state index contributed by atoms with van der Waals surface area (Å²) in [4.78, 5) is 15.1. The average Bonchev–Trinajstić information content (AvgIpc) is 3.27. The zero-order chi connectivity index (χ0) is 24.7. The van der Waals surface area contributed by atoms with Gasteiger partial charge in [-0.1, -0.05) is 25.0 Å². The van der Waals surface area contributed by atoms with Crippen LogP contribution in [0.1, 0.15) is 65.9 Å². The van der Waals surface area contributed by atoms with Gasteiger partial charge >= 0.3 is 0 Å². The van der Waals surface area contributed by atoms with Crippen LogP contribution in [0.2, 0.25) is 0 Å². The van der Waals surface area contributed by atoms with Crippen molar-refractivity contribution < 1.29 is 22.7 Å². The summed E-state index contributed by atoms with van der Waals surface area (Å²) < 4.78 is 39.1. The molecule has 1 aliphatic carbocycles. The molecule has 2 aliphatic rings. The second kappa shape index (κ2) is 8.91. The lowest BCUT2D eigenvalue weighted by Gasteiger charge is -2.31. The van der Waals surface area contributed by atoms with Crippen LogP contribution in [0.5, 0.6) is 11.5 Å². The minimum atomic E-state index is -3.72. The van der Waals surface area contributed by atoms with Gasteiger partial charge in [-0.25, -0.2) is 8.42 Å². The molecule has 0 aromatic heterocycles. The Balaban J connectivity index is 1.81. The Morgan fingerprint density at radius 1 is 1.09 bits per heavy atom. The minimum absolute atomic E-state index is 0.00617. The van der Waals surface area contributed by atoms with E-state index in [0.717, 1.165) is 18.4 Å². The highest BCUT2D eigenvalue weighted by molar-refractivity contribution is 7.92. The third-order valence-electron chi connectivity index (χ3n) is 6.92. The number of carbonyl (C=O) groups excluding carboxylic acids is 1. The molecule has 0 radical (unpaired) electrons. The Labute approximate surface area is 203 Å². The maximum atomic E-state index is 14.1. The summed E-state index contributed by atoms with van der Waals surface area (Å²) in [6.45, 7) is 10.3. The van der Waals surface area contributed by atoms with Crippen molar-refractivity contribution in [1.29, 1.82) is 0 Å². The van der Waals surface area contributed by atoms with E-state index < -0.39 is 20.0 Å². The third-order valence-corrected chi connectivity index (χ3v) is 9.47. The lowest BCUT2D eigenvalue weighted by molar-refractivity contribution is -0.127. The quantitative estimate of drug-likeness (QED) is 0.541. The van der Waals surface area contributed by atoms with Crippen LogP contribution in [0, 0.1) is 5.41 Å². The summed E-state index contributed by atoms with van der Waals surface area (Å²) in [5.74, 6) is 1.12. The molecule has 1 aliphatic heterocycles.